The van der Waals surface area contributed by atoms with Crippen LogP contribution in [-0.4, -0.2) is 46.9 Å². The van der Waals surface area contributed by atoms with E-state index in [1.807, 2.05) is 67.3 Å². The Bertz CT molecular complexity index is 1130. The Hall–Kier alpha value is -3.61. The standard InChI is InChI=1S/C24H27N5O2/c1-18-9-10-19(2)21(17-18)25-24(31)28-14-6-13-27(15-16-28)22-11-12-23(30)29(26-22)20-7-4-3-5-8-20/h3-5,7-12,17H,6,13-16H2,1-2H3,(H,25,31). The molecule has 4 rings (SSSR count). The lowest BCUT2D eigenvalue weighted by atomic mass is 10.1. The molecule has 2 amide bonds. The van der Waals surface area contributed by atoms with Gasteiger partial charge in [0, 0.05) is 37.9 Å². The molecule has 1 N–H and O–H groups in total. The molecule has 0 radical (unpaired) electrons. The molecule has 1 fully saturated rings. The highest BCUT2D eigenvalue weighted by atomic mass is 16.2. The molecule has 0 saturated carbocycles. The van der Waals surface area contributed by atoms with Crippen molar-refractivity contribution in [2.75, 3.05) is 36.4 Å². The maximum absolute atomic E-state index is 12.8. The van der Waals surface area contributed by atoms with E-state index in [0.717, 1.165) is 41.3 Å². The lowest BCUT2D eigenvalue weighted by molar-refractivity contribution is 0.215. The van der Waals surface area contributed by atoms with Crippen molar-refractivity contribution in [1.82, 2.24) is 14.7 Å². The molecular weight excluding hydrogens is 390 g/mol. The van der Waals surface area contributed by atoms with Gasteiger partial charge in [-0.25, -0.2) is 4.79 Å². The van der Waals surface area contributed by atoms with Crippen LogP contribution >= 0.6 is 0 Å². The minimum absolute atomic E-state index is 0.0854. The number of rotatable bonds is 3. The molecule has 3 aromatic rings. The van der Waals surface area contributed by atoms with Gasteiger partial charge in [-0.05, 0) is 55.7 Å². The Morgan fingerprint density at radius 3 is 2.55 bits per heavy atom. The first kappa shape index (κ1) is 20.7. The summed E-state index contributed by atoms with van der Waals surface area (Å²) in [5.74, 6) is 0.736. The Morgan fingerprint density at radius 2 is 1.74 bits per heavy atom. The van der Waals surface area contributed by atoms with Crippen LogP contribution in [0.4, 0.5) is 16.3 Å². The summed E-state index contributed by atoms with van der Waals surface area (Å²) in [6.45, 7) is 6.69. The molecular formula is C24H27N5O2. The monoisotopic (exact) mass is 417 g/mol. The van der Waals surface area contributed by atoms with Gasteiger partial charge in [-0.15, -0.1) is 5.10 Å². The number of anilines is 2. The average molecular weight is 418 g/mol. The van der Waals surface area contributed by atoms with E-state index in [-0.39, 0.29) is 11.6 Å². The first-order chi connectivity index (χ1) is 15.0. The van der Waals surface area contributed by atoms with E-state index in [9.17, 15) is 9.59 Å². The van der Waals surface area contributed by atoms with E-state index in [2.05, 4.69) is 15.3 Å². The summed E-state index contributed by atoms with van der Waals surface area (Å²) in [6, 6.07) is 18.7. The number of benzene rings is 2. The molecule has 160 valence electrons. The fourth-order valence-corrected chi connectivity index (χ4v) is 3.74. The van der Waals surface area contributed by atoms with Gasteiger partial charge < -0.3 is 15.1 Å². The first-order valence-corrected chi connectivity index (χ1v) is 10.6. The van der Waals surface area contributed by atoms with E-state index in [4.69, 9.17) is 0 Å². The second kappa shape index (κ2) is 9.04. The van der Waals surface area contributed by atoms with Crippen LogP contribution in [-0.2, 0) is 0 Å². The molecule has 0 aliphatic carbocycles. The largest absolute Gasteiger partial charge is 0.353 e. The average Bonchev–Trinajstić information content (AvgIpc) is 3.04. The Labute approximate surface area is 181 Å². The number of hydrogen-bond donors (Lipinski definition) is 1. The highest BCUT2D eigenvalue weighted by molar-refractivity contribution is 5.90. The van der Waals surface area contributed by atoms with Crippen molar-refractivity contribution in [2.24, 2.45) is 0 Å². The molecule has 2 aromatic carbocycles. The van der Waals surface area contributed by atoms with Gasteiger partial charge in [0.25, 0.3) is 5.56 Å². The van der Waals surface area contributed by atoms with Crippen LogP contribution in [0.5, 0.6) is 0 Å². The van der Waals surface area contributed by atoms with Crippen LogP contribution in [0.2, 0.25) is 0 Å². The zero-order valence-electron chi connectivity index (χ0n) is 17.9. The molecule has 1 aliphatic rings. The van der Waals surface area contributed by atoms with Crippen molar-refractivity contribution in [2.45, 2.75) is 20.3 Å². The molecule has 1 saturated heterocycles. The summed E-state index contributed by atoms with van der Waals surface area (Å²) in [5, 5.41) is 7.63. The number of urea groups is 1. The van der Waals surface area contributed by atoms with Gasteiger partial charge in [0.1, 0.15) is 5.82 Å². The van der Waals surface area contributed by atoms with Crippen LogP contribution < -0.4 is 15.8 Å². The number of aromatic nitrogens is 2. The minimum Gasteiger partial charge on any atom is -0.353 e. The zero-order chi connectivity index (χ0) is 21.8. The van der Waals surface area contributed by atoms with Crippen LogP contribution in [0.3, 0.4) is 0 Å². The van der Waals surface area contributed by atoms with Crippen molar-refractivity contribution in [3.63, 3.8) is 0 Å². The van der Waals surface area contributed by atoms with Gasteiger partial charge in [-0.1, -0.05) is 30.3 Å². The molecule has 1 aliphatic heterocycles. The number of hydrogen-bond acceptors (Lipinski definition) is 4. The molecule has 0 spiro atoms. The highest BCUT2D eigenvalue weighted by Crippen LogP contribution is 2.18. The van der Waals surface area contributed by atoms with Gasteiger partial charge in [0.2, 0.25) is 0 Å². The topological polar surface area (TPSA) is 70.5 Å². The molecule has 0 unspecified atom stereocenters. The molecule has 0 atom stereocenters. The summed E-state index contributed by atoms with van der Waals surface area (Å²) < 4.78 is 1.42. The number of nitrogens with zero attached hydrogens (tertiary/aromatic N) is 4. The second-order valence-electron chi connectivity index (χ2n) is 7.85. The maximum Gasteiger partial charge on any atom is 0.321 e. The van der Waals surface area contributed by atoms with Gasteiger partial charge in [-0.3, -0.25) is 4.79 Å². The van der Waals surface area contributed by atoms with E-state index >= 15 is 0 Å². The summed E-state index contributed by atoms with van der Waals surface area (Å²) in [6.07, 6.45) is 0.826. The molecule has 2 heterocycles. The van der Waals surface area contributed by atoms with E-state index < -0.39 is 0 Å². The minimum atomic E-state index is -0.167. The number of nitrogens with one attached hydrogen (secondary N) is 1. The predicted octanol–water partition coefficient (Wildman–Crippen LogP) is 3.59. The number of aryl methyl sites for hydroxylation is 2. The third-order valence-corrected chi connectivity index (χ3v) is 5.53. The van der Waals surface area contributed by atoms with Gasteiger partial charge in [-0.2, -0.15) is 4.68 Å². The van der Waals surface area contributed by atoms with Gasteiger partial charge in [0.15, 0.2) is 0 Å². The van der Waals surface area contributed by atoms with Gasteiger partial charge in [0.05, 0.1) is 5.69 Å². The molecule has 1 aromatic heterocycles. The van der Waals surface area contributed by atoms with E-state index in [0.29, 0.717) is 19.6 Å². The summed E-state index contributed by atoms with van der Waals surface area (Å²) in [5.41, 5.74) is 3.58. The number of carbonyl (C=O) groups excluding carboxylic acids is 1. The normalized spacial score (nSPS) is 14.3. The predicted molar refractivity (Wildman–Crippen MR) is 123 cm³/mol. The second-order valence-corrected chi connectivity index (χ2v) is 7.85. The Balaban J connectivity index is 1.46. The third kappa shape index (κ3) is 4.77. The molecule has 7 heteroatoms. The maximum atomic E-state index is 12.8. The summed E-state index contributed by atoms with van der Waals surface area (Å²) in [7, 11) is 0. The van der Waals surface area contributed by atoms with Gasteiger partial charge >= 0.3 is 6.03 Å². The van der Waals surface area contributed by atoms with E-state index in [1.54, 1.807) is 12.1 Å². The van der Waals surface area contributed by atoms with Crippen molar-refractivity contribution in [3.05, 3.63) is 82.1 Å². The Morgan fingerprint density at radius 1 is 0.935 bits per heavy atom. The van der Waals surface area contributed by atoms with Crippen molar-refractivity contribution < 1.29 is 4.79 Å². The number of amides is 2. The van der Waals surface area contributed by atoms with Crippen LogP contribution in [0.25, 0.3) is 5.69 Å². The number of para-hydroxylation sites is 1. The lowest BCUT2D eigenvalue weighted by Gasteiger charge is -2.23. The zero-order valence-corrected chi connectivity index (χ0v) is 17.9. The fraction of sp³-hybridized carbons (Fsp3) is 0.292. The Kier molecular flexibility index (Phi) is 6.02. The summed E-state index contributed by atoms with van der Waals surface area (Å²) in [4.78, 5) is 29.1. The van der Waals surface area contributed by atoms with Crippen LogP contribution in [0, 0.1) is 13.8 Å². The SMILES string of the molecule is Cc1ccc(C)c(NC(=O)N2CCCN(c3ccc(=O)n(-c4ccccc4)n3)CC2)c1. The molecule has 7 nitrogen and oxygen atoms in total. The van der Waals surface area contributed by atoms with Crippen molar-refractivity contribution in [3.8, 4) is 5.69 Å². The molecule has 31 heavy (non-hydrogen) atoms. The van der Waals surface area contributed by atoms with E-state index in [1.165, 1.54) is 4.68 Å². The smallest absolute Gasteiger partial charge is 0.321 e. The fourth-order valence-electron chi connectivity index (χ4n) is 3.74. The molecule has 0 bridgehead atoms. The quantitative estimate of drug-likeness (QED) is 0.707. The number of carbonyl (C=O) groups is 1. The van der Waals surface area contributed by atoms with Crippen LogP contribution in [0.1, 0.15) is 17.5 Å². The first-order valence-electron chi connectivity index (χ1n) is 10.6. The van der Waals surface area contributed by atoms with Crippen molar-refractivity contribution in [1.29, 1.82) is 0 Å². The van der Waals surface area contributed by atoms with Crippen LogP contribution in [0.15, 0.2) is 65.5 Å². The lowest BCUT2D eigenvalue weighted by Crippen LogP contribution is -2.38. The van der Waals surface area contributed by atoms with Crippen molar-refractivity contribution >= 4 is 17.5 Å². The summed E-state index contributed by atoms with van der Waals surface area (Å²) >= 11 is 0. The third-order valence-electron chi connectivity index (χ3n) is 5.53. The highest BCUT2D eigenvalue weighted by Gasteiger charge is 2.21.